The molecule has 0 saturated carbocycles. The van der Waals surface area contributed by atoms with E-state index >= 15 is 0 Å². The Kier molecular flexibility index (Phi) is 9.27. The van der Waals surface area contributed by atoms with Crippen LogP contribution >= 0.6 is 0 Å². The fourth-order valence-electron chi connectivity index (χ4n) is 2.77. The molecule has 0 aliphatic rings. The molecule has 1 aromatic carbocycles. The number of benzene rings is 1. The molecule has 0 aliphatic heterocycles. The maximum atomic E-state index is 9.47. The maximum absolute atomic E-state index is 9.47. The van der Waals surface area contributed by atoms with Crippen LogP contribution in [0.2, 0.25) is 0 Å². The quantitative estimate of drug-likeness (QED) is 0.564. The number of hydrogen-bond acceptors (Lipinski definition) is 3. The van der Waals surface area contributed by atoms with Gasteiger partial charge in [0, 0.05) is 5.54 Å². The molecule has 0 unspecified atom stereocenters. The first-order valence-electron chi connectivity index (χ1n) is 9.10. The molecule has 0 radical (unpaired) electrons. The van der Waals surface area contributed by atoms with Crippen molar-refractivity contribution in [3.63, 3.8) is 0 Å². The van der Waals surface area contributed by atoms with Crippen molar-refractivity contribution in [3.8, 4) is 5.75 Å². The van der Waals surface area contributed by atoms with Gasteiger partial charge < -0.3 is 15.6 Å². The number of aliphatic hydroxyl groups excluding tert-OH is 1. The molecular formula is C20H35NO2. The fourth-order valence-corrected chi connectivity index (χ4v) is 2.77. The third-order valence-corrected chi connectivity index (χ3v) is 4.34. The molecule has 0 aliphatic carbocycles. The van der Waals surface area contributed by atoms with E-state index in [-0.39, 0.29) is 6.61 Å². The largest absolute Gasteiger partial charge is 0.494 e. The maximum Gasteiger partial charge on any atom is 0.119 e. The van der Waals surface area contributed by atoms with Crippen molar-refractivity contribution in [1.82, 2.24) is 0 Å². The van der Waals surface area contributed by atoms with Gasteiger partial charge in [0.2, 0.25) is 0 Å². The van der Waals surface area contributed by atoms with E-state index in [1.165, 1.54) is 18.4 Å². The van der Waals surface area contributed by atoms with Crippen molar-refractivity contribution < 1.29 is 9.84 Å². The molecule has 132 valence electrons. The third-order valence-electron chi connectivity index (χ3n) is 4.34. The van der Waals surface area contributed by atoms with Crippen LogP contribution < -0.4 is 10.5 Å². The highest BCUT2D eigenvalue weighted by Gasteiger charge is 2.22. The van der Waals surface area contributed by atoms with Crippen LogP contribution in [0.3, 0.4) is 0 Å². The molecule has 0 heterocycles. The van der Waals surface area contributed by atoms with Crippen molar-refractivity contribution in [2.45, 2.75) is 71.3 Å². The summed E-state index contributed by atoms with van der Waals surface area (Å²) in [5.74, 6) is 1.71. The Balaban J connectivity index is 2.33. The molecule has 1 rings (SSSR count). The number of aliphatic hydroxyl groups is 1. The second-order valence-corrected chi connectivity index (χ2v) is 7.15. The van der Waals surface area contributed by atoms with E-state index < -0.39 is 5.54 Å². The molecule has 1 aromatic rings. The van der Waals surface area contributed by atoms with E-state index in [0.717, 1.165) is 50.4 Å². The summed E-state index contributed by atoms with van der Waals surface area (Å²) < 4.78 is 5.78. The number of aryl methyl sites for hydroxylation is 1. The highest BCUT2D eigenvalue weighted by Crippen LogP contribution is 2.19. The summed E-state index contributed by atoms with van der Waals surface area (Å²) in [5, 5.41) is 9.47. The predicted octanol–water partition coefficient (Wildman–Crippen LogP) is 4.31. The minimum atomic E-state index is -0.444. The molecule has 0 bridgehead atoms. The summed E-state index contributed by atoms with van der Waals surface area (Å²) in [4.78, 5) is 0. The van der Waals surface area contributed by atoms with Crippen LogP contribution in [-0.4, -0.2) is 23.9 Å². The standard InChI is InChI=1S/C20H35NO2/c1-4-13-20(21,16-22)14-12-18-8-10-19(11-9-18)23-15-6-5-7-17(2)3/h8-11,17,22H,4-7,12-16,21H2,1-3H3/t20-/m0/s1. The lowest BCUT2D eigenvalue weighted by Crippen LogP contribution is -2.43. The topological polar surface area (TPSA) is 55.5 Å². The normalized spacial score (nSPS) is 14.0. The number of rotatable bonds is 12. The van der Waals surface area contributed by atoms with Crippen molar-refractivity contribution in [2.24, 2.45) is 11.7 Å². The lowest BCUT2D eigenvalue weighted by atomic mass is 9.89. The SMILES string of the molecule is CCC[C@@](N)(CO)CCc1ccc(OCCCCC(C)C)cc1. The molecule has 0 saturated heterocycles. The van der Waals surface area contributed by atoms with Crippen molar-refractivity contribution in [3.05, 3.63) is 29.8 Å². The van der Waals surface area contributed by atoms with Gasteiger partial charge in [0.1, 0.15) is 5.75 Å². The zero-order chi connectivity index (χ0) is 17.1. The molecule has 3 heteroatoms. The minimum Gasteiger partial charge on any atom is -0.494 e. The zero-order valence-electron chi connectivity index (χ0n) is 15.2. The summed E-state index contributed by atoms with van der Waals surface area (Å²) >= 11 is 0. The number of unbranched alkanes of at least 4 members (excludes halogenated alkanes) is 1. The number of hydrogen-bond donors (Lipinski definition) is 2. The lowest BCUT2D eigenvalue weighted by molar-refractivity contribution is 0.177. The average molecular weight is 322 g/mol. The van der Waals surface area contributed by atoms with Gasteiger partial charge in [-0.1, -0.05) is 45.7 Å². The van der Waals surface area contributed by atoms with E-state index in [2.05, 4.69) is 32.9 Å². The molecule has 23 heavy (non-hydrogen) atoms. The lowest BCUT2D eigenvalue weighted by Gasteiger charge is -2.26. The van der Waals surface area contributed by atoms with Crippen LogP contribution in [0.4, 0.5) is 0 Å². The molecular weight excluding hydrogens is 286 g/mol. The van der Waals surface area contributed by atoms with Gasteiger partial charge in [0.15, 0.2) is 0 Å². The Morgan fingerprint density at radius 3 is 2.39 bits per heavy atom. The molecule has 0 aromatic heterocycles. The molecule has 0 fully saturated rings. The molecule has 3 nitrogen and oxygen atoms in total. The van der Waals surface area contributed by atoms with Crippen LogP contribution in [0.5, 0.6) is 5.75 Å². The first-order chi connectivity index (χ1) is 11.0. The van der Waals surface area contributed by atoms with Gasteiger partial charge in [0.25, 0.3) is 0 Å². The summed E-state index contributed by atoms with van der Waals surface area (Å²) in [6.45, 7) is 7.46. The summed E-state index contributed by atoms with van der Waals surface area (Å²) in [6.07, 6.45) is 7.18. The molecule has 0 spiro atoms. The van der Waals surface area contributed by atoms with Gasteiger partial charge in [-0.2, -0.15) is 0 Å². The molecule has 3 N–H and O–H groups in total. The van der Waals surface area contributed by atoms with Crippen molar-refractivity contribution >= 4 is 0 Å². The second-order valence-electron chi connectivity index (χ2n) is 7.15. The first-order valence-corrected chi connectivity index (χ1v) is 9.10. The van der Waals surface area contributed by atoms with E-state index in [4.69, 9.17) is 10.5 Å². The Hall–Kier alpha value is -1.06. The second kappa shape index (κ2) is 10.7. The zero-order valence-corrected chi connectivity index (χ0v) is 15.2. The summed E-state index contributed by atoms with van der Waals surface area (Å²) in [7, 11) is 0. The number of ether oxygens (including phenoxy) is 1. The van der Waals surface area contributed by atoms with E-state index in [0.29, 0.717) is 0 Å². The minimum absolute atomic E-state index is 0.0540. The number of nitrogens with two attached hydrogens (primary N) is 1. The highest BCUT2D eigenvalue weighted by molar-refractivity contribution is 5.27. The fraction of sp³-hybridized carbons (Fsp3) is 0.700. The van der Waals surface area contributed by atoms with E-state index in [1.54, 1.807) is 0 Å². The third kappa shape index (κ3) is 8.38. The predicted molar refractivity (Wildman–Crippen MR) is 97.9 cm³/mol. The highest BCUT2D eigenvalue weighted by atomic mass is 16.5. The Morgan fingerprint density at radius 2 is 1.83 bits per heavy atom. The smallest absolute Gasteiger partial charge is 0.119 e. The Bertz CT molecular complexity index is 416. The Labute approximate surface area is 142 Å². The van der Waals surface area contributed by atoms with Crippen LogP contribution in [0, 0.1) is 5.92 Å². The average Bonchev–Trinajstić information content (AvgIpc) is 2.54. The first kappa shape index (κ1) is 20.0. The molecule has 1 atom stereocenters. The van der Waals surface area contributed by atoms with Crippen LogP contribution in [0.15, 0.2) is 24.3 Å². The van der Waals surface area contributed by atoms with Crippen molar-refractivity contribution in [1.29, 1.82) is 0 Å². The van der Waals surface area contributed by atoms with Crippen molar-refractivity contribution in [2.75, 3.05) is 13.2 Å². The van der Waals surface area contributed by atoms with Crippen LogP contribution in [0.1, 0.15) is 64.9 Å². The van der Waals surface area contributed by atoms with Gasteiger partial charge in [-0.15, -0.1) is 0 Å². The summed E-state index contributed by atoms with van der Waals surface area (Å²) in [5.41, 5.74) is 7.03. The van der Waals surface area contributed by atoms with E-state index in [1.807, 2.05) is 12.1 Å². The van der Waals surface area contributed by atoms with Crippen LogP contribution in [0.25, 0.3) is 0 Å². The van der Waals surface area contributed by atoms with Gasteiger partial charge in [-0.25, -0.2) is 0 Å². The van der Waals surface area contributed by atoms with Gasteiger partial charge >= 0.3 is 0 Å². The van der Waals surface area contributed by atoms with Gasteiger partial charge in [-0.05, 0) is 55.7 Å². The monoisotopic (exact) mass is 321 g/mol. The summed E-state index contributed by atoms with van der Waals surface area (Å²) in [6, 6.07) is 8.28. The Morgan fingerprint density at radius 1 is 1.13 bits per heavy atom. The molecule has 0 amide bonds. The van der Waals surface area contributed by atoms with Crippen LogP contribution in [-0.2, 0) is 6.42 Å². The van der Waals surface area contributed by atoms with E-state index in [9.17, 15) is 5.11 Å². The van der Waals surface area contributed by atoms with Gasteiger partial charge in [-0.3, -0.25) is 0 Å². The van der Waals surface area contributed by atoms with Gasteiger partial charge in [0.05, 0.1) is 13.2 Å².